The van der Waals surface area contributed by atoms with Gasteiger partial charge in [-0.05, 0) is 80.2 Å². The third-order valence-corrected chi connectivity index (χ3v) is 10.2. The quantitative estimate of drug-likeness (QED) is 0.111. The number of aromatic hydroxyl groups is 4. The normalized spacial score (nSPS) is 13.6. The van der Waals surface area contributed by atoms with Gasteiger partial charge in [-0.25, -0.2) is 0 Å². The zero-order valence-electron chi connectivity index (χ0n) is 27.9. The zero-order valence-corrected chi connectivity index (χ0v) is 27.9. The molecule has 0 radical (unpaired) electrons. The Balaban J connectivity index is 1.42. The summed E-state index contributed by atoms with van der Waals surface area (Å²) in [7, 11) is 0. The highest BCUT2D eigenvalue weighted by atomic mass is 16.3. The van der Waals surface area contributed by atoms with Crippen LogP contribution in [0.25, 0.3) is 54.2 Å². The third-order valence-electron chi connectivity index (χ3n) is 10.2. The Hall–Kier alpha value is -6.66. The minimum Gasteiger partial charge on any atom is -0.504 e. The van der Waals surface area contributed by atoms with Crippen LogP contribution in [0, 0.1) is 13.8 Å². The Morgan fingerprint density at radius 2 is 0.863 bits per heavy atom. The fourth-order valence-corrected chi connectivity index (χ4v) is 7.75. The Kier molecular flexibility index (Phi) is 6.67. The third kappa shape index (κ3) is 4.57. The predicted molar refractivity (Wildman–Crippen MR) is 207 cm³/mol. The summed E-state index contributed by atoms with van der Waals surface area (Å²) in [6.07, 6.45) is 3.18. The van der Waals surface area contributed by atoms with Crippen molar-refractivity contribution in [2.24, 2.45) is 9.98 Å². The van der Waals surface area contributed by atoms with E-state index in [1.165, 1.54) is 12.1 Å². The van der Waals surface area contributed by atoms with Crippen molar-refractivity contribution in [3.05, 3.63) is 155 Å². The van der Waals surface area contributed by atoms with Gasteiger partial charge in [-0.2, -0.15) is 0 Å². The van der Waals surface area contributed by atoms with E-state index >= 15 is 0 Å². The zero-order chi connectivity index (χ0) is 35.0. The minimum atomic E-state index is -1.40. The van der Waals surface area contributed by atoms with Crippen LogP contribution in [0.4, 0.5) is 0 Å². The first-order chi connectivity index (χ1) is 24.7. The Labute approximate surface area is 293 Å². The van der Waals surface area contributed by atoms with Crippen LogP contribution in [-0.2, 0) is 5.66 Å². The Morgan fingerprint density at radius 1 is 0.451 bits per heavy atom. The molecule has 1 aliphatic rings. The molecule has 0 heterocycles. The summed E-state index contributed by atoms with van der Waals surface area (Å²) in [6.45, 7) is 4.16. The standard InChI is InChI=1S/C45H32N2O4/c1-25-11-15-33-29(19-25)13-17-37-41(33)42-34-16-12-26(2)20-30(34)14-18-38(42)45(37,46-23-35-31-9-5-3-7-27(31)21-39(48)43(35)50)47-24-36-32-10-6-4-8-28(32)22-40(49)44(36)51/h3-24,48-51H,1-2H3/b46-23+,47-24+. The number of rotatable bonds is 4. The highest BCUT2D eigenvalue weighted by molar-refractivity contribution is 6.12. The molecule has 0 spiro atoms. The summed E-state index contributed by atoms with van der Waals surface area (Å²) in [4.78, 5) is 10.6. The van der Waals surface area contributed by atoms with Crippen LogP contribution in [0.1, 0.15) is 33.4 Å². The smallest absolute Gasteiger partial charge is 0.202 e. The number of phenols is 4. The molecule has 0 unspecified atom stereocenters. The molecule has 9 rings (SSSR count). The number of aryl methyl sites for hydroxylation is 2. The van der Waals surface area contributed by atoms with Gasteiger partial charge in [0.15, 0.2) is 23.0 Å². The van der Waals surface area contributed by atoms with Gasteiger partial charge in [-0.15, -0.1) is 0 Å². The van der Waals surface area contributed by atoms with E-state index < -0.39 is 5.66 Å². The largest absolute Gasteiger partial charge is 0.504 e. The fourth-order valence-electron chi connectivity index (χ4n) is 7.75. The Morgan fingerprint density at radius 3 is 1.31 bits per heavy atom. The average Bonchev–Trinajstić information content (AvgIpc) is 3.41. The van der Waals surface area contributed by atoms with Crippen LogP contribution in [0.15, 0.2) is 131 Å². The van der Waals surface area contributed by atoms with Gasteiger partial charge in [0, 0.05) is 34.7 Å². The molecule has 4 N–H and O–H groups in total. The summed E-state index contributed by atoms with van der Waals surface area (Å²) in [5.74, 6) is -1.07. The molecule has 0 aromatic heterocycles. The maximum Gasteiger partial charge on any atom is 0.202 e. The summed E-state index contributed by atoms with van der Waals surface area (Å²) >= 11 is 0. The van der Waals surface area contributed by atoms with E-state index in [4.69, 9.17) is 9.98 Å². The molecule has 6 nitrogen and oxygen atoms in total. The molecular weight excluding hydrogens is 633 g/mol. The molecule has 246 valence electrons. The van der Waals surface area contributed by atoms with Crippen LogP contribution in [-0.4, -0.2) is 32.9 Å². The average molecular weight is 665 g/mol. The van der Waals surface area contributed by atoms with E-state index in [1.54, 1.807) is 12.4 Å². The van der Waals surface area contributed by atoms with Crippen molar-refractivity contribution >= 4 is 55.5 Å². The van der Waals surface area contributed by atoms with Crippen LogP contribution in [0.2, 0.25) is 0 Å². The number of benzene rings is 8. The van der Waals surface area contributed by atoms with Gasteiger partial charge in [-0.3, -0.25) is 9.98 Å². The van der Waals surface area contributed by atoms with Gasteiger partial charge in [-0.1, -0.05) is 120 Å². The molecule has 0 fully saturated rings. The van der Waals surface area contributed by atoms with Crippen molar-refractivity contribution < 1.29 is 20.4 Å². The second-order valence-corrected chi connectivity index (χ2v) is 13.4. The van der Waals surface area contributed by atoms with E-state index in [0.717, 1.165) is 65.7 Å². The number of aliphatic imine (C=N–C) groups is 2. The van der Waals surface area contributed by atoms with Crippen molar-refractivity contribution in [1.29, 1.82) is 0 Å². The highest BCUT2D eigenvalue weighted by Crippen LogP contribution is 2.56. The van der Waals surface area contributed by atoms with E-state index in [1.807, 2.05) is 48.5 Å². The Bertz CT molecular complexity index is 2640. The predicted octanol–water partition coefficient (Wildman–Crippen LogP) is 10.2. The van der Waals surface area contributed by atoms with Gasteiger partial charge in [0.1, 0.15) is 0 Å². The summed E-state index contributed by atoms with van der Waals surface area (Å²) < 4.78 is 0. The molecule has 0 aliphatic heterocycles. The molecule has 51 heavy (non-hydrogen) atoms. The van der Waals surface area contributed by atoms with Gasteiger partial charge in [0.25, 0.3) is 0 Å². The van der Waals surface area contributed by atoms with Crippen LogP contribution < -0.4 is 0 Å². The van der Waals surface area contributed by atoms with Gasteiger partial charge >= 0.3 is 0 Å². The molecule has 8 aromatic rings. The fraction of sp³-hybridized carbons (Fsp3) is 0.0667. The minimum absolute atomic E-state index is 0.251. The van der Waals surface area contributed by atoms with Crippen LogP contribution >= 0.6 is 0 Å². The summed E-state index contributed by atoms with van der Waals surface area (Å²) in [5.41, 5.74) is 5.25. The second-order valence-electron chi connectivity index (χ2n) is 13.4. The molecule has 0 atom stereocenters. The number of hydrogen-bond donors (Lipinski definition) is 4. The lowest BCUT2D eigenvalue weighted by molar-refractivity contribution is 0.404. The van der Waals surface area contributed by atoms with Crippen LogP contribution in [0.5, 0.6) is 23.0 Å². The van der Waals surface area contributed by atoms with E-state index in [0.29, 0.717) is 21.9 Å². The molecular formula is C45H32N2O4. The lowest BCUT2D eigenvalue weighted by atomic mass is 9.93. The summed E-state index contributed by atoms with van der Waals surface area (Å²) in [5, 5.41) is 51.2. The monoisotopic (exact) mass is 664 g/mol. The van der Waals surface area contributed by atoms with E-state index in [-0.39, 0.29) is 23.0 Å². The maximum atomic E-state index is 11.2. The number of fused-ring (bicyclic) bond motifs is 9. The molecule has 1 aliphatic carbocycles. The van der Waals surface area contributed by atoms with Crippen LogP contribution in [0.3, 0.4) is 0 Å². The number of nitrogens with zero attached hydrogens (tertiary/aromatic N) is 2. The molecule has 6 heteroatoms. The van der Waals surface area contributed by atoms with Gasteiger partial charge in [0.2, 0.25) is 5.66 Å². The lowest BCUT2D eigenvalue weighted by Gasteiger charge is -2.24. The van der Waals surface area contributed by atoms with Crippen molar-refractivity contribution in [2.45, 2.75) is 19.5 Å². The maximum absolute atomic E-state index is 11.2. The molecule has 0 amide bonds. The molecule has 0 bridgehead atoms. The van der Waals surface area contributed by atoms with E-state index in [2.05, 4.69) is 74.5 Å². The lowest BCUT2D eigenvalue weighted by Crippen LogP contribution is -2.21. The molecule has 0 saturated heterocycles. The number of phenolic OH excluding ortho intramolecular Hbond substituents is 4. The first-order valence-corrected chi connectivity index (χ1v) is 16.8. The second kappa shape index (κ2) is 11.2. The van der Waals surface area contributed by atoms with Crippen molar-refractivity contribution in [2.75, 3.05) is 0 Å². The topological polar surface area (TPSA) is 106 Å². The number of hydrogen-bond acceptors (Lipinski definition) is 6. The molecule has 0 saturated carbocycles. The van der Waals surface area contributed by atoms with Gasteiger partial charge < -0.3 is 20.4 Å². The first-order valence-electron chi connectivity index (χ1n) is 16.8. The van der Waals surface area contributed by atoms with Crippen molar-refractivity contribution in [3.63, 3.8) is 0 Å². The SMILES string of the molecule is Cc1ccc2c3c(ccc2c1)C(/N=C/c1c(O)c(O)cc2ccccc12)(/N=C/c1c(O)c(O)cc2ccccc12)c1ccc2cc(C)ccc2c1-3. The van der Waals surface area contributed by atoms with E-state index in [9.17, 15) is 20.4 Å². The first kappa shape index (κ1) is 30.4. The van der Waals surface area contributed by atoms with Gasteiger partial charge in [0.05, 0.1) is 0 Å². The van der Waals surface area contributed by atoms with Crippen molar-refractivity contribution in [3.8, 4) is 34.1 Å². The van der Waals surface area contributed by atoms with Crippen molar-refractivity contribution in [1.82, 2.24) is 0 Å². The molecule has 8 aromatic carbocycles. The summed E-state index contributed by atoms with van der Waals surface area (Å²) in [6, 6.07) is 39.2. The highest BCUT2D eigenvalue weighted by Gasteiger charge is 2.44.